The van der Waals surface area contributed by atoms with Gasteiger partial charge in [-0.3, -0.25) is 4.79 Å². The van der Waals surface area contributed by atoms with Crippen LogP contribution in [-0.4, -0.2) is 49.7 Å². The van der Waals surface area contributed by atoms with Gasteiger partial charge in [0.15, 0.2) is 0 Å². The van der Waals surface area contributed by atoms with E-state index in [1.165, 1.54) is 34.0 Å². The van der Waals surface area contributed by atoms with Gasteiger partial charge in [-0.1, -0.05) is 18.2 Å². The lowest BCUT2D eigenvalue weighted by molar-refractivity contribution is 0.0697. The van der Waals surface area contributed by atoms with Gasteiger partial charge in [0.05, 0.1) is 10.5 Å². The van der Waals surface area contributed by atoms with Gasteiger partial charge in [-0.2, -0.15) is 9.57 Å². The van der Waals surface area contributed by atoms with Crippen molar-refractivity contribution in [1.29, 1.82) is 5.26 Å². The molecular formula is C22H23N3O3S. The molecule has 1 aliphatic heterocycles. The molecule has 0 saturated carbocycles. The van der Waals surface area contributed by atoms with E-state index in [1.54, 1.807) is 17.0 Å². The molecule has 1 heterocycles. The molecule has 2 aromatic rings. The van der Waals surface area contributed by atoms with Crippen molar-refractivity contribution in [3.05, 3.63) is 64.7 Å². The largest absolute Gasteiger partial charge is 0.336 e. The Bertz CT molecular complexity index is 1080. The molecule has 1 amide bonds. The predicted molar refractivity (Wildman–Crippen MR) is 109 cm³/mol. The van der Waals surface area contributed by atoms with Gasteiger partial charge in [-0.15, -0.1) is 0 Å². The Morgan fingerprint density at radius 3 is 2.34 bits per heavy atom. The molecular weight excluding hydrogens is 386 g/mol. The molecule has 0 spiro atoms. The highest BCUT2D eigenvalue weighted by Crippen LogP contribution is 2.24. The Morgan fingerprint density at radius 2 is 1.62 bits per heavy atom. The molecule has 29 heavy (non-hydrogen) atoms. The molecule has 2 aliphatic rings. The highest BCUT2D eigenvalue weighted by atomic mass is 32.2. The van der Waals surface area contributed by atoms with Gasteiger partial charge >= 0.3 is 0 Å². The van der Waals surface area contributed by atoms with Gasteiger partial charge in [0.25, 0.3) is 5.91 Å². The number of carbonyl (C=O) groups is 1. The number of carbonyl (C=O) groups excluding carboxylic acids is 1. The maximum atomic E-state index is 12.9. The van der Waals surface area contributed by atoms with Crippen LogP contribution < -0.4 is 0 Å². The summed E-state index contributed by atoms with van der Waals surface area (Å²) in [6.07, 6.45) is 4.45. The maximum absolute atomic E-state index is 12.9. The summed E-state index contributed by atoms with van der Waals surface area (Å²) in [4.78, 5) is 14.7. The van der Waals surface area contributed by atoms with Crippen LogP contribution in [0.25, 0.3) is 0 Å². The Morgan fingerprint density at radius 1 is 0.931 bits per heavy atom. The smallest absolute Gasteiger partial charge is 0.253 e. The normalized spacial score (nSPS) is 17.4. The summed E-state index contributed by atoms with van der Waals surface area (Å²) < 4.78 is 27.3. The van der Waals surface area contributed by atoms with Crippen molar-refractivity contribution in [2.75, 3.05) is 26.2 Å². The minimum atomic E-state index is -3.76. The first-order valence-corrected chi connectivity index (χ1v) is 11.3. The third kappa shape index (κ3) is 3.78. The van der Waals surface area contributed by atoms with Crippen molar-refractivity contribution in [1.82, 2.24) is 9.21 Å². The van der Waals surface area contributed by atoms with Crippen molar-refractivity contribution >= 4 is 15.9 Å². The summed E-state index contributed by atoms with van der Waals surface area (Å²) in [5.74, 6) is -0.0483. The number of amides is 1. The van der Waals surface area contributed by atoms with Crippen LogP contribution in [0.1, 0.15) is 39.9 Å². The Hall–Kier alpha value is -2.69. The van der Waals surface area contributed by atoms with E-state index in [4.69, 9.17) is 0 Å². The number of rotatable bonds is 3. The van der Waals surface area contributed by atoms with E-state index >= 15 is 0 Å². The van der Waals surface area contributed by atoms with E-state index in [9.17, 15) is 18.5 Å². The second-order valence-corrected chi connectivity index (χ2v) is 9.40. The molecule has 0 unspecified atom stereocenters. The average Bonchev–Trinajstić information content (AvgIpc) is 2.78. The molecule has 150 valence electrons. The number of piperazine rings is 1. The van der Waals surface area contributed by atoms with Crippen LogP contribution >= 0.6 is 0 Å². The van der Waals surface area contributed by atoms with Gasteiger partial charge in [0.1, 0.15) is 6.07 Å². The number of hydrogen-bond acceptors (Lipinski definition) is 4. The summed E-state index contributed by atoms with van der Waals surface area (Å²) in [5.41, 5.74) is 3.41. The van der Waals surface area contributed by atoms with Crippen molar-refractivity contribution in [3.63, 3.8) is 0 Å². The summed E-state index contributed by atoms with van der Waals surface area (Å²) in [7, 11) is -3.76. The lowest BCUT2D eigenvalue weighted by Crippen LogP contribution is -2.50. The second kappa shape index (κ2) is 7.97. The first-order valence-electron chi connectivity index (χ1n) is 9.91. The molecule has 2 aromatic carbocycles. The van der Waals surface area contributed by atoms with Gasteiger partial charge in [-0.25, -0.2) is 8.42 Å². The molecule has 0 N–H and O–H groups in total. The minimum Gasteiger partial charge on any atom is -0.336 e. The zero-order valence-corrected chi connectivity index (χ0v) is 17.0. The van der Waals surface area contributed by atoms with Crippen LogP contribution in [-0.2, 0) is 22.9 Å². The average molecular weight is 410 g/mol. The maximum Gasteiger partial charge on any atom is 0.253 e. The molecule has 4 rings (SSSR count). The van der Waals surface area contributed by atoms with Gasteiger partial charge < -0.3 is 4.90 Å². The van der Waals surface area contributed by atoms with E-state index < -0.39 is 10.0 Å². The highest BCUT2D eigenvalue weighted by Gasteiger charge is 2.32. The fourth-order valence-electron chi connectivity index (χ4n) is 4.10. The van der Waals surface area contributed by atoms with Crippen LogP contribution in [0.5, 0.6) is 0 Å². The van der Waals surface area contributed by atoms with Crippen LogP contribution in [0, 0.1) is 11.3 Å². The standard InChI is InChI=1S/C22H23N3O3S/c23-16-20-7-3-4-8-21(20)29(27,28)25-13-11-24(12-14-25)22(26)19-10-9-17-5-1-2-6-18(17)15-19/h3-4,7-10,15H,1-2,5-6,11-14H2. The molecule has 1 aliphatic carbocycles. The van der Waals surface area contributed by atoms with Crippen LogP contribution in [0.3, 0.4) is 0 Å². The highest BCUT2D eigenvalue weighted by molar-refractivity contribution is 7.89. The van der Waals surface area contributed by atoms with Gasteiger partial charge in [0, 0.05) is 31.7 Å². The topological polar surface area (TPSA) is 81.5 Å². The van der Waals surface area contributed by atoms with Crippen molar-refractivity contribution in [2.24, 2.45) is 0 Å². The molecule has 0 aromatic heterocycles. The van der Waals surface area contributed by atoms with Crippen LogP contribution in [0.15, 0.2) is 47.4 Å². The summed E-state index contributed by atoms with van der Waals surface area (Å²) in [6.45, 7) is 1.12. The molecule has 6 nitrogen and oxygen atoms in total. The number of nitriles is 1. The van der Waals surface area contributed by atoms with E-state index in [0.717, 1.165) is 19.3 Å². The van der Waals surface area contributed by atoms with Gasteiger partial charge in [-0.05, 0) is 61.1 Å². The van der Waals surface area contributed by atoms with Crippen molar-refractivity contribution in [2.45, 2.75) is 30.6 Å². The Balaban J connectivity index is 1.47. The molecule has 7 heteroatoms. The summed E-state index contributed by atoms with van der Waals surface area (Å²) in [5, 5.41) is 9.22. The molecule has 0 atom stereocenters. The SMILES string of the molecule is N#Cc1ccccc1S(=O)(=O)N1CCN(C(=O)c2ccc3c(c2)CCCC3)CC1. The van der Waals surface area contributed by atoms with E-state index in [2.05, 4.69) is 6.07 Å². The third-order valence-corrected chi connectivity index (χ3v) is 7.70. The van der Waals surface area contributed by atoms with Crippen LogP contribution in [0.2, 0.25) is 0 Å². The summed E-state index contributed by atoms with van der Waals surface area (Å²) in [6, 6.07) is 14.1. The summed E-state index contributed by atoms with van der Waals surface area (Å²) >= 11 is 0. The number of aryl methyl sites for hydroxylation is 2. The first kappa shape index (κ1) is 19.6. The Kier molecular flexibility index (Phi) is 5.39. The van der Waals surface area contributed by atoms with Crippen molar-refractivity contribution < 1.29 is 13.2 Å². The lowest BCUT2D eigenvalue weighted by Gasteiger charge is -2.34. The minimum absolute atomic E-state index is 0.0250. The van der Waals surface area contributed by atoms with Crippen LogP contribution in [0.4, 0.5) is 0 Å². The van der Waals surface area contributed by atoms with Gasteiger partial charge in [0.2, 0.25) is 10.0 Å². The molecule has 1 saturated heterocycles. The quantitative estimate of drug-likeness (QED) is 0.780. The fraction of sp³-hybridized carbons (Fsp3) is 0.364. The van der Waals surface area contributed by atoms with E-state index in [-0.39, 0.29) is 29.5 Å². The lowest BCUT2D eigenvalue weighted by atomic mass is 9.90. The van der Waals surface area contributed by atoms with E-state index in [1.807, 2.05) is 18.2 Å². The molecule has 0 bridgehead atoms. The fourth-order valence-corrected chi connectivity index (χ4v) is 5.67. The van der Waals surface area contributed by atoms with Crippen molar-refractivity contribution in [3.8, 4) is 6.07 Å². The number of benzene rings is 2. The predicted octanol–water partition coefficient (Wildman–Crippen LogP) is 2.58. The first-order chi connectivity index (χ1) is 14.0. The zero-order valence-electron chi connectivity index (χ0n) is 16.2. The number of hydrogen-bond donors (Lipinski definition) is 0. The molecule has 1 fully saturated rings. The monoisotopic (exact) mass is 409 g/mol. The second-order valence-electron chi connectivity index (χ2n) is 7.49. The van der Waals surface area contributed by atoms with E-state index in [0.29, 0.717) is 18.7 Å². The Labute approximate surface area is 171 Å². The number of fused-ring (bicyclic) bond motifs is 1. The number of nitrogens with zero attached hydrogens (tertiary/aromatic N) is 3. The number of sulfonamides is 1. The zero-order chi connectivity index (χ0) is 20.4. The molecule has 0 radical (unpaired) electrons. The third-order valence-electron chi connectivity index (χ3n) is 5.75.